The second-order valence-electron chi connectivity index (χ2n) is 4.14. The Morgan fingerprint density at radius 1 is 0.895 bits per heavy atom. The van der Waals surface area contributed by atoms with Gasteiger partial charge in [0, 0.05) is 13.1 Å². The van der Waals surface area contributed by atoms with Gasteiger partial charge in [-0.1, -0.05) is 12.1 Å². The fraction of sp³-hybridized carbons (Fsp3) is 0.143. The van der Waals surface area contributed by atoms with Crippen molar-refractivity contribution >= 4 is 0 Å². The average Bonchev–Trinajstić information content (AvgIpc) is 2.36. The first kappa shape index (κ1) is 13.4. The van der Waals surface area contributed by atoms with Crippen LogP contribution in [0.1, 0.15) is 11.1 Å². The molecule has 0 unspecified atom stereocenters. The van der Waals surface area contributed by atoms with Crippen molar-refractivity contribution in [3.63, 3.8) is 0 Å². The van der Waals surface area contributed by atoms with E-state index in [0.717, 1.165) is 17.7 Å². The molecule has 0 saturated heterocycles. The van der Waals surface area contributed by atoms with Crippen LogP contribution in [0.5, 0.6) is 5.75 Å². The predicted molar refractivity (Wildman–Crippen MR) is 65.0 cm³/mol. The van der Waals surface area contributed by atoms with E-state index in [0.29, 0.717) is 12.1 Å². The van der Waals surface area contributed by atoms with Crippen molar-refractivity contribution in [2.75, 3.05) is 0 Å². The lowest BCUT2D eigenvalue weighted by Gasteiger charge is -2.07. The van der Waals surface area contributed by atoms with Gasteiger partial charge in [0.05, 0.1) is 0 Å². The quantitative estimate of drug-likeness (QED) is 0.892. The average molecular weight is 267 g/mol. The molecule has 0 saturated carbocycles. The van der Waals surface area contributed by atoms with Crippen LogP contribution in [0.25, 0.3) is 0 Å². The molecule has 0 aliphatic heterocycles. The normalized spacial score (nSPS) is 10.7. The Morgan fingerprint density at radius 3 is 2.16 bits per heavy atom. The van der Waals surface area contributed by atoms with E-state index in [9.17, 15) is 13.2 Å². The van der Waals surface area contributed by atoms with Crippen LogP contribution in [-0.4, -0.2) is 5.11 Å². The van der Waals surface area contributed by atoms with Crippen LogP contribution < -0.4 is 5.32 Å². The van der Waals surface area contributed by atoms with Crippen molar-refractivity contribution < 1.29 is 18.3 Å². The molecule has 2 N–H and O–H groups in total. The molecule has 0 atom stereocenters. The highest BCUT2D eigenvalue weighted by molar-refractivity contribution is 5.30. The summed E-state index contributed by atoms with van der Waals surface area (Å²) in [6, 6.07) is 8.16. The van der Waals surface area contributed by atoms with Crippen LogP contribution in [-0.2, 0) is 13.1 Å². The summed E-state index contributed by atoms with van der Waals surface area (Å²) in [5.41, 5.74) is 1.10. The Hall–Kier alpha value is -2.01. The topological polar surface area (TPSA) is 32.3 Å². The molecule has 2 aromatic rings. The molecule has 19 heavy (non-hydrogen) atoms. The molecule has 2 aromatic carbocycles. The van der Waals surface area contributed by atoms with Crippen molar-refractivity contribution in [1.82, 2.24) is 5.32 Å². The van der Waals surface area contributed by atoms with Crippen LogP contribution in [0, 0.1) is 17.5 Å². The Bertz CT molecular complexity index is 564. The number of phenols is 1. The molecule has 0 bridgehead atoms. The second kappa shape index (κ2) is 5.75. The molecule has 100 valence electrons. The van der Waals surface area contributed by atoms with E-state index in [1.165, 1.54) is 12.1 Å². The Morgan fingerprint density at radius 2 is 1.53 bits per heavy atom. The van der Waals surface area contributed by atoms with Gasteiger partial charge in [0.2, 0.25) is 0 Å². The van der Waals surface area contributed by atoms with Gasteiger partial charge < -0.3 is 10.4 Å². The molecule has 0 fully saturated rings. The highest BCUT2D eigenvalue weighted by atomic mass is 19.1. The van der Waals surface area contributed by atoms with Gasteiger partial charge >= 0.3 is 0 Å². The van der Waals surface area contributed by atoms with Gasteiger partial charge in [0.15, 0.2) is 17.4 Å². The first-order valence-electron chi connectivity index (χ1n) is 5.68. The maximum absolute atomic E-state index is 13.1. The number of halogens is 3. The summed E-state index contributed by atoms with van der Waals surface area (Å²) in [5, 5.41) is 11.9. The zero-order chi connectivity index (χ0) is 13.8. The second-order valence-corrected chi connectivity index (χ2v) is 4.14. The number of hydrogen-bond donors (Lipinski definition) is 2. The maximum Gasteiger partial charge on any atom is 0.187 e. The predicted octanol–water partition coefficient (Wildman–Crippen LogP) is 3.10. The Kier molecular flexibility index (Phi) is 4.06. The van der Waals surface area contributed by atoms with Crippen LogP contribution in [0.2, 0.25) is 0 Å². The van der Waals surface area contributed by atoms with Crippen LogP contribution in [0.3, 0.4) is 0 Å². The van der Waals surface area contributed by atoms with Crippen molar-refractivity contribution in [1.29, 1.82) is 0 Å². The summed E-state index contributed by atoms with van der Waals surface area (Å²) >= 11 is 0. The molecule has 2 rings (SSSR count). The molecule has 5 heteroatoms. The van der Waals surface area contributed by atoms with Gasteiger partial charge in [-0.05, 0) is 35.4 Å². The lowest BCUT2D eigenvalue weighted by Crippen LogP contribution is -2.13. The number of benzene rings is 2. The van der Waals surface area contributed by atoms with Gasteiger partial charge in [0.25, 0.3) is 0 Å². The van der Waals surface area contributed by atoms with Crippen molar-refractivity contribution in [2.24, 2.45) is 0 Å². The number of phenolic OH excluding ortho intramolecular Hbond substituents is 1. The lowest BCUT2D eigenvalue weighted by atomic mass is 10.2. The van der Waals surface area contributed by atoms with Gasteiger partial charge in [-0.15, -0.1) is 0 Å². The molecule has 2 nitrogen and oxygen atoms in total. The van der Waals surface area contributed by atoms with E-state index in [2.05, 4.69) is 5.32 Å². The standard InChI is InChI=1S/C14H12F3NO/c15-11-3-1-2-9(4-11)7-18-8-10-5-12(16)14(19)13(17)6-10/h1-6,18-19H,7-8H2. The zero-order valence-corrected chi connectivity index (χ0v) is 9.96. The fourth-order valence-electron chi connectivity index (χ4n) is 1.72. The van der Waals surface area contributed by atoms with Gasteiger partial charge in [-0.25, -0.2) is 13.2 Å². The third kappa shape index (κ3) is 3.48. The van der Waals surface area contributed by atoms with E-state index in [-0.39, 0.29) is 12.4 Å². The van der Waals surface area contributed by atoms with E-state index >= 15 is 0 Å². The summed E-state index contributed by atoms with van der Waals surface area (Å²) in [7, 11) is 0. The molecule has 0 amide bonds. The van der Waals surface area contributed by atoms with E-state index in [1.807, 2.05) is 0 Å². The van der Waals surface area contributed by atoms with Crippen LogP contribution in [0.4, 0.5) is 13.2 Å². The summed E-state index contributed by atoms with van der Waals surface area (Å²) in [5.74, 6) is -3.31. The molecule has 0 aliphatic carbocycles. The highest BCUT2D eigenvalue weighted by Gasteiger charge is 2.09. The van der Waals surface area contributed by atoms with Crippen molar-refractivity contribution in [3.05, 3.63) is 65.0 Å². The monoisotopic (exact) mass is 267 g/mol. The van der Waals surface area contributed by atoms with Gasteiger partial charge in [-0.2, -0.15) is 0 Å². The summed E-state index contributed by atoms with van der Waals surface area (Å²) in [6.07, 6.45) is 0. The van der Waals surface area contributed by atoms with Crippen LogP contribution in [0.15, 0.2) is 36.4 Å². The third-order valence-electron chi connectivity index (χ3n) is 2.62. The van der Waals surface area contributed by atoms with E-state index in [4.69, 9.17) is 5.11 Å². The highest BCUT2D eigenvalue weighted by Crippen LogP contribution is 2.21. The summed E-state index contributed by atoms with van der Waals surface area (Å²) in [4.78, 5) is 0. The summed E-state index contributed by atoms with van der Waals surface area (Å²) in [6.45, 7) is 0.590. The zero-order valence-electron chi connectivity index (χ0n) is 9.96. The van der Waals surface area contributed by atoms with Gasteiger partial charge in [-0.3, -0.25) is 0 Å². The molecule has 0 aliphatic rings. The summed E-state index contributed by atoms with van der Waals surface area (Å²) < 4.78 is 39.1. The smallest absolute Gasteiger partial charge is 0.187 e. The SMILES string of the molecule is Oc1c(F)cc(CNCc2cccc(F)c2)cc1F. The minimum Gasteiger partial charge on any atom is -0.503 e. The number of hydrogen-bond acceptors (Lipinski definition) is 2. The number of aromatic hydroxyl groups is 1. The Labute approximate surface area is 108 Å². The molecule has 0 spiro atoms. The minimum absolute atomic E-state index is 0.213. The third-order valence-corrected chi connectivity index (χ3v) is 2.62. The number of nitrogens with one attached hydrogen (secondary N) is 1. The Balaban J connectivity index is 1.96. The molecule has 0 radical (unpaired) electrons. The first-order valence-corrected chi connectivity index (χ1v) is 5.68. The van der Waals surface area contributed by atoms with Crippen LogP contribution >= 0.6 is 0 Å². The first-order chi connectivity index (χ1) is 9.06. The fourth-order valence-corrected chi connectivity index (χ4v) is 1.72. The van der Waals surface area contributed by atoms with Crippen molar-refractivity contribution in [3.8, 4) is 5.75 Å². The van der Waals surface area contributed by atoms with Gasteiger partial charge in [0.1, 0.15) is 5.82 Å². The van der Waals surface area contributed by atoms with E-state index in [1.54, 1.807) is 12.1 Å². The maximum atomic E-state index is 13.1. The molecule has 0 aromatic heterocycles. The number of rotatable bonds is 4. The lowest BCUT2D eigenvalue weighted by molar-refractivity contribution is 0.395. The van der Waals surface area contributed by atoms with Crippen molar-refractivity contribution in [2.45, 2.75) is 13.1 Å². The largest absolute Gasteiger partial charge is 0.503 e. The minimum atomic E-state index is -0.998. The van der Waals surface area contributed by atoms with E-state index < -0.39 is 17.4 Å². The molecular formula is C14H12F3NO. The molecule has 0 heterocycles. The molecular weight excluding hydrogens is 255 g/mol.